The first kappa shape index (κ1) is 14.8. The van der Waals surface area contributed by atoms with E-state index in [9.17, 15) is 8.42 Å². The molecule has 19 heavy (non-hydrogen) atoms. The van der Waals surface area contributed by atoms with Crippen molar-refractivity contribution in [2.75, 3.05) is 18.8 Å². The zero-order valence-corrected chi connectivity index (χ0v) is 12.6. The lowest BCUT2D eigenvalue weighted by Crippen LogP contribution is -2.44. The highest BCUT2D eigenvalue weighted by Gasteiger charge is 2.31. The molecule has 0 saturated carbocycles. The topological polar surface area (TPSA) is 50.3 Å². The minimum atomic E-state index is -3.20. The second-order valence-corrected chi connectivity index (χ2v) is 7.68. The summed E-state index contributed by atoms with van der Waals surface area (Å²) in [6.45, 7) is 3.06. The predicted molar refractivity (Wildman–Crippen MR) is 76.7 cm³/mol. The SMILES string of the molecule is CC1CN(S(=O)(=O)CCc2ccccn2)CCC1Cl. The second kappa shape index (κ2) is 6.20. The number of nitrogens with zero attached hydrogens (tertiary/aromatic N) is 2. The second-order valence-electron chi connectivity index (χ2n) is 5.03. The minimum Gasteiger partial charge on any atom is -0.261 e. The van der Waals surface area contributed by atoms with Crippen molar-refractivity contribution in [3.8, 4) is 0 Å². The van der Waals surface area contributed by atoms with Crippen molar-refractivity contribution in [1.29, 1.82) is 0 Å². The molecule has 2 heterocycles. The van der Waals surface area contributed by atoms with E-state index in [0.29, 0.717) is 19.5 Å². The van der Waals surface area contributed by atoms with E-state index in [1.54, 1.807) is 10.5 Å². The quantitative estimate of drug-likeness (QED) is 0.798. The average molecular weight is 303 g/mol. The normalized spacial score (nSPS) is 25.4. The zero-order valence-electron chi connectivity index (χ0n) is 11.0. The highest BCUT2D eigenvalue weighted by molar-refractivity contribution is 7.89. The van der Waals surface area contributed by atoms with Gasteiger partial charge in [0.25, 0.3) is 0 Å². The number of piperidine rings is 1. The number of hydrogen-bond acceptors (Lipinski definition) is 3. The summed E-state index contributed by atoms with van der Waals surface area (Å²) in [6, 6.07) is 5.55. The number of halogens is 1. The monoisotopic (exact) mass is 302 g/mol. The average Bonchev–Trinajstić information content (AvgIpc) is 2.41. The van der Waals surface area contributed by atoms with E-state index < -0.39 is 10.0 Å². The van der Waals surface area contributed by atoms with Gasteiger partial charge in [-0.1, -0.05) is 13.0 Å². The molecule has 2 atom stereocenters. The molecule has 2 rings (SSSR count). The van der Waals surface area contributed by atoms with Gasteiger partial charge >= 0.3 is 0 Å². The Morgan fingerprint density at radius 2 is 2.26 bits per heavy atom. The molecule has 1 aromatic rings. The molecule has 6 heteroatoms. The van der Waals surface area contributed by atoms with Crippen LogP contribution in [-0.2, 0) is 16.4 Å². The van der Waals surface area contributed by atoms with Crippen molar-refractivity contribution in [2.45, 2.75) is 25.1 Å². The molecule has 1 aliphatic rings. The van der Waals surface area contributed by atoms with Crippen LogP contribution in [0.15, 0.2) is 24.4 Å². The Kier molecular flexibility index (Phi) is 4.81. The lowest BCUT2D eigenvalue weighted by atomic mass is 10.0. The van der Waals surface area contributed by atoms with E-state index in [4.69, 9.17) is 11.6 Å². The summed E-state index contributed by atoms with van der Waals surface area (Å²) in [7, 11) is -3.20. The summed E-state index contributed by atoms with van der Waals surface area (Å²) in [5, 5.41) is 0.0854. The van der Waals surface area contributed by atoms with E-state index in [2.05, 4.69) is 4.98 Å². The number of alkyl halides is 1. The summed E-state index contributed by atoms with van der Waals surface area (Å²) >= 11 is 6.12. The molecule has 1 saturated heterocycles. The fraction of sp³-hybridized carbons (Fsp3) is 0.615. The third-order valence-corrected chi connectivity index (χ3v) is 5.99. The third kappa shape index (κ3) is 3.91. The van der Waals surface area contributed by atoms with E-state index >= 15 is 0 Å². The molecule has 0 spiro atoms. The molecule has 0 amide bonds. The van der Waals surface area contributed by atoms with Crippen LogP contribution in [0.25, 0.3) is 0 Å². The van der Waals surface area contributed by atoms with Crippen LogP contribution in [0.5, 0.6) is 0 Å². The van der Waals surface area contributed by atoms with Gasteiger partial charge in [-0.05, 0) is 24.5 Å². The number of sulfonamides is 1. The maximum absolute atomic E-state index is 12.3. The molecular formula is C13H19ClN2O2S. The summed E-state index contributed by atoms with van der Waals surface area (Å²) in [5.74, 6) is 0.323. The van der Waals surface area contributed by atoms with E-state index in [0.717, 1.165) is 12.1 Å². The first-order valence-corrected chi connectivity index (χ1v) is 8.55. The Hall–Kier alpha value is -0.650. The predicted octanol–water partition coefficient (Wildman–Crippen LogP) is 1.90. The Morgan fingerprint density at radius 3 is 2.89 bits per heavy atom. The molecule has 0 N–H and O–H groups in total. The van der Waals surface area contributed by atoms with Gasteiger partial charge in [0.1, 0.15) is 0 Å². The highest BCUT2D eigenvalue weighted by Crippen LogP contribution is 2.24. The van der Waals surface area contributed by atoms with E-state index in [1.807, 2.05) is 25.1 Å². The minimum absolute atomic E-state index is 0.0854. The van der Waals surface area contributed by atoms with Gasteiger partial charge in [-0.3, -0.25) is 4.98 Å². The fourth-order valence-electron chi connectivity index (χ4n) is 2.24. The van der Waals surface area contributed by atoms with Crippen molar-refractivity contribution in [2.24, 2.45) is 5.92 Å². The van der Waals surface area contributed by atoms with E-state index in [1.165, 1.54) is 0 Å². The molecule has 0 aliphatic carbocycles. The van der Waals surface area contributed by atoms with Crippen LogP contribution in [0.3, 0.4) is 0 Å². The van der Waals surface area contributed by atoms with Crippen LogP contribution < -0.4 is 0 Å². The summed E-state index contributed by atoms with van der Waals surface area (Å²) in [5.41, 5.74) is 0.811. The lowest BCUT2D eigenvalue weighted by Gasteiger charge is -2.33. The number of pyridine rings is 1. The Balaban J connectivity index is 1.95. The fourth-order valence-corrected chi connectivity index (χ4v) is 3.99. The zero-order chi connectivity index (χ0) is 13.9. The molecule has 1 fully saturated rings. The van der Waals surface area contributed by atoms with Crippen LogP contribution in [0.4, 0.5) is 0 Å². The molecule has 1 aliphatic heterocycles. The Morgan fingerprint density at radius 1 is 1.47 bits per heavy atom. The number of aryl methyl sites for hydroxylation is 1. The van der Waals surface area contributed by atoms with E-state index in [-0.39, 0.29) is 17.0 Å². The summed E-state index contributed by atoms with van der Waals surface area (Å²) < 4.78 is 26.1. The number of rotatable bonds is 4. The molecule has 0 radical (unpaired) electrons. The van der Waals surface area contributed by atoms with Gasteiger partial charge in [0.15, 0.2) is 0 Å². The van der Waals surface area contributed by atoms with Crippen molar-refractivity contribution < 1.29 is 8.42 Å². The van der Waals surface area contributed by atoms with Gasteiger partial charge in [0.2, 0.25) is 10.0 Å². The lowest BCUT2D eigenvalue weighted by molar-refractivity contribution is 0.286. The van der Waals surface area contributed by atoms with Crippen LogP contribution >= 0.6 is 11.6 Å². The molecule has 106 valence electrons. The number of aromatic nitrogens is 1. The maximum Gasteiger partial charge on any atom is 0.214 e. The molecule has 1 aromatic heterocycles. The maximum atomic E-state index is 12.3. The summed E-state index contributed by atoms with van der Waals surface area (Å²) in [4.78, 5) is 4.15. The van der Waals surface area contributed by atoms with Gasteiger partial charge < -0.3 is 0 Å². The smallest absolute Gasteiger partial charge is 0.214 e. The van der Waals surface area contributed by atoms with Crippen molar-refractivity contribution in [1.82, 2.24) is 9.29 Å². The van der Waals surface area contributed by atoms with Crippen molar-refractivity contribution >= 4 is 21.6 Å². The van der Waals surface area contributed by atoms with Gasteiger partial charge in [-0.2, -0.15) is 0 Å². The van der Waals surface area contributed by atoms with Crippen LogP contribution in [0, 0.1) is 5.92 Å². The Labute approximate surface area is 119 Å². The first-order valence-electron chi connectivity index (χ1n) is 6.51. The Bertz CT molecular complexity index is 507. The molecule has 2 unspecified atom stereocenters. The molecule has 4 nitrogen and oxygen atoms in total. The van der Waals surface area contributed by atoms with Gasteiger partial charge in [-0.25, -0.2) is 12.7 Å². The van der Waals surface area contributed by atoms with Crippen molar-refractivity contribution in [3.63, 3.8) is 0 Å². The molecule has 0 bridgehead atoms. The molecular weight excluding hydrogens is 284 g/mol. The van der Waals surface area contributed by atoms with Gasteiger partial charge in [-0.15, -0.1) is 11.6 Å². The standard InChI is InChI=1S/C13H19ClN2O2S/c1-11-10-16(8-5-13(11)14)19(17,18)9-6-12-4-2-3-7-15-12/h2-4,7,11,13H,5-6,8-10H2,1H3. The van der Waals surface area contributed by atoms with Crippen molar-refractivity contribution in [3.05, 3.63) is 30.1 Å². The van der Waals surface area contributed by atoms with Crippen LogP contribution in [0.2, 0.25) is 0 Å². The number of hydrogen-bond donors (Lipinski definition) is 0. The first-order chi connectivity index (χ1) is 8.99. The molecule has 0 aromatic carbocycles. The van der Waals surface area contributed by atoms with Crippen LogP contribution in [-0.4, -0.2) is 41.9 Å². The van der Waals surface area contributed by atoms with Gasteiger partial charge in [0, 0.05) is 36.8 Å². The van der Waals surface area contributed by atoms with Gasteiger partial charge in [0.05, 0.1) is 5.75 Å². The largest absolute Gasteiger partial charge is 0.261 e. The summed E-state index contributed by atoms with van der Waals surface area (Å²) in [6.07, 6.45) is 2.87. The highest BCUT2D eigenvalue weighted by atomic mass is 35.5. The third-order valence-electron chi connectivity index (χ3n) is 3.50. The van der Waals surface area contributed by atoms with Crippen LogP contribution in [0.1, 0.15) is 19.0 Å².